The van der Waals surface area contributed by atoms with E-state index in [0.29, 0.717) is 11.7 Å². The number of nitrogens with zero attached hydrogens (tertiary/aromatic N) is 3. The highest BCUT2D eigenvalue weighted by atomic mass is 35.5. The molecule has 4 heterocycles. The summed E-state index contributed by atoms with van der Waals surface area (Å²) in [5.74, 6) is 2.11. The maximum absolute atomic E-state index is 9.74. The Hall–Kier alpha value is -1.83. The van der Waals surface area contributed by atoms with Crippen LogP contribution in [0.4, 0.5) is 11.5 Å². The highest BCUT2D eigenvalue weighted by Gasteiger charge is 2.26. The zero-order chi connectivity index (χ0) is 19.7. The molecule has 2 N–H and O–H groups in total. The van der Waals surface area contributed by atoms with Gasteiger partial charge in [-0.2, -0.15) is 0 Å². The summed E-state index contributed by atoms with van der Waals surface area (Å²) >= 11 is 7.58. The molecular formula is C20H24BClN4OS. The van der Waals surface area contributed by atoms with E-state index in [9.17, 15) is 5.02 Å². The topological polar surface area (TPSA) is 63.0 Å². The van der Waals surface area contributed by atoms with Crippen LogP contribution in [-0.2, 0) is 13.0 Å². The van der Waals surface area contributed by atoms with Crippen LogP contribution in [0, 0.1) is 12.8 Å². The van der Waals surface area contributed by atoms with E-state index in [1.54, 1.807) is 0 Å². The molecule has 0 aromatic carbocycles. The molecule has 1 aliphatic rings. The molecule has 8 heteroatoms. The molecule has 146 valence electrons. The summed E-state index contributed by atoms with van der Waals surface area (Å²) in [5.41, 5.74) is 3.12. The summed E-state index contributed by atoms with van der Waals surface area (Å²) in [5, 5.41) is 13.2. The molecule has 0 spiro atoms. The first-order valence-corrected chi connectivity index (χ1v) is 11.0. The lowest BCUT2D eigenvalue weighted by molar-refractivity contribution is 0.483. The molecule has 5 nitrogen and oxygen atoms in total. The van der Waals surface area contributed by atoms with Crippen molar-refractivity contribution in [1.82, 2.24) is 14.5 Å². The molecule has 1 aliphatic heterocycles. The number of thiophene rings is 1. The van der Waals surface area contributed by atoms with Crippen molar-refractivity contribution in [3.8, 4) is 10.7 Å². The number of hydrogen-bond donors (Lipinski definition) is 2. The summed E-state index contributed by atoms with van der Waals surface area (Å²) in [7, 11) is 0. The van der Waals surface area contributed by atoms with Crippen LogP contribution in [0.15, 0.2) is 30.6 Å². The van der Waals surface area contributed by atoms with E-state index in [1.807, 2.05) is 19.1 Å². The Morgan fingerprint density at radius 1 is 1.36 bits per heavy atom. The Bertz CT molecular complexity index is 973. The van der Waals surface area contributed by atoms with Crippen molar-refractivity contribution in [1.29, 1.82) is 0 Å². The molecule has 1 fully saturated rings. The third-order valence-electron chi connectivity index (χ3n) is 5.36. The van der Waals surface area contributed by atoms with E-state index in [4.69, 9.17) is 16.6 Å². The Morgan fingerprint density at radius 3 is 2.89 bits per heavy atom. The Kier molecular flexibility index (Phi) is 5.76. The largest absolute Gasteiger partial charge is 0.450 e. The fourth-order valence-electron chi connectivity index (χ4n) is 3.94. The van der Waals surface area contributed by atoms with Gasteiger partial charge in [0, 0.05) is 30.2 Å². The Balaban J connectivity index is 1.56. The normalized spacial score (nSPS) is 16.7. The molecular weight excluding hydrogens is 391 g/mol. The maximum Gasteiger partial charge on any atom is 0.289 e. The monoisotopic (exact) mass is 414 g/mol. The summed E-state index contributed by atoms with van der Waals surface area (Å²) in [6.45, 7) is 4.97. The van der Waals surface area contributed by atoms with Crippen molar-refractivity contribution in [3.63, 3.8) is 0 Å². The van der Waals surface area contributed by atoms with E-state index < -0.39 is 0 Å². The third-order valence-corrected chi connectivity index (χ3v) is 6.58. The molecule has 0 bridgehead atoms. The lowest BCUT2D eigenvalue weighted by atomic mass is 9.66. The van der Waals surface area contributed by atoms with Gasteiger partial charge in [-0.3, -0.25) is 0 Å². The zero-order valence-corrected chi connectivity index (χ0v) is 17.7. The van der Waals surface area contributed by atoms with Crippen LogP contribution in [0.3, 0.4) is 0 Å². The van der Waals surface area contributed by atoms with Crippen LogP contribution in [0.1, 0.15) is 24.6 Å². The van der Waals surface area contributed by atoms with Gasteiger partial charge in [-0.1, -0.05) is 24.9 Å². The fourth-order valence-corrected chi connectivity index (χ4v) is 4.92. The fraction of sp³-hybridized carbons (Fsp3) is 0.400. The smallest absolute Gasteiger partial charge is 0.289 e. The first kappa shape index (κ1) is 19.5. The van der Waals surface area contributed by atoms with E-state index in [-0.39, 0.29) is 6.92 Å². The van der Waals surface area contributed by atoms with E-state index in [0.717, 1.165) is 64.0 Å². The van der Waals surface area contributed by atoms with Crippen molar-refractivity contribution in [2.45, 2.75) is 45.9 Å². The predicted molar refractivity (Wildman–Crippen MR) is 118 cm³/mol. The van der Waals surface area contributed by atoms with Gasteiger partial charge in [0.15, 0.2) is 5.82 Å². The van der Waals surface area contributed by atoms with Gasteiger partial charge in [-0.15, -0.1) is 11.3 Å². The molecule has 0 amide bonds. The molecule has 1 unspecified atom stereocenters. The average molecular weight is 415 g/mol. The van der Waals surface area contributed by atoms with Crippen LogP contribution in [0.25, 0.3) is 10.7 Å². The highest BCUT2D eigenvalue weighted by molar-refractivity contribution is 7.19. The van der Waals surface area contributed by atoms with Gasteiger partial charge in [0.25, 0.3) is 6.92 Å². The second-order valence-electron chi connectivity index (χ2n) is 7.47. The van der Waals surface area contributed by atoms with Crippen molar-refractivity contribution in [3.05, 3.63) is 46.2 Å². The molecule has 3 aromatic rings. The first-order valence-electron chi connectivity index (χ1n) is 9.76. The van der Waals surface area contributed by atoms with Crippen LogP contribution in [0.2, 0.25) is 17.0 Å². The van der Waals surface area contributed by atoms with Crippen molar-refractivity contribution in [2.75, 3.05) is 5.32 Å². The molecule has 28 heavy (non-hydrogen) atoms. The number of rotatable bonds is 6. The van der Waals surface area contributed by atoms with Gasteiger partial charge >= 0.3 is 0 Å². The van der Waals surface area contributed by atoms with E-state index in [2.05, 4.69) is 40.3 Å². The van der Waals surface area contributed by atoms with Crippen molar-refractivity contribution >= 4 is 41.4 Å². The zero-order valence-electron chi connectivity index (χ0n) is 16.2. The maximum atomic E-state index is 9.74. The molecule has 3 aromatic heterocycles. The minimum Gasteiger partial charge on any atom is -0.450 e. The number of anilines is 2. The standard InChI is InChI=1S/C20H24BClN4OS/c1-3-16-13(2)23-20(17-4-5-18(22)28-17)25-19(16)24-15-7-9-26(12-15)11-14-6-8-21(27)10-14/h4-5,7,9,12,14,27H,3,6,8,10-11H2,1-2H3,(H,23,24,25). The van der Waals surface area contributed by atoms with E-state index in [1.165, 1.54) is 11.3 Å². The lowest BCUT2D eigenvalue weighted by Crippen LogP contribution is -2.09. The molecule has 0 saturated carbocycles. The highest BCUT2D eigenvalue weighted by Crippen LogP contribution is 2.32. The quantitative estimate of drug-likeness (QED) is 0.539. The van der Waals surface area contributed by atoms with Gasteiger partial charge in [0.1, 0.15) is 5.82 Å². The minimum atomic E-state index is -0.126. The second kappa shape index (κ2) is 8.27. The minimum absolute atomic E-state index is 0.126. The summed E-state index contributed by atoms with van der Waals surface area (Å²) in [4.78, 5) is 10.4. The number of aromatic nitrogens is 3. The number of aryl methyl sites for hydroxylation is 1. The van der Waals surface area contributed by atoms with Crippen molar-refractivity contribution < 1.29 is 5.02 Å². The van der Waals surface area contributed by atoms with Crippen LogP contribution >= 0.6 is 22.9 Å². The van der Waals surface area contributed by atoms with Gasteiger partial charge in [-0.05, 0) is 50.1 Å². The number of hydrogen-bond acceptors (Lipinski definition) is 5. The molecule has 0 aliphatic carbocycles. The van der Waals surface area contributed by atoms with Crippen molar-refractivity contribution in [2.24, 2.45) is 5.92 Å². The second-order valence-corrected chi connectivity index (χ2v) is 9.19. The van der Waals surface area contributed by atoms with Crippen LogP contribution in [-0.4, -0.2) is 26.5 Å². The third kappa shape index (κ3) is 4.26. The van der Waals surface area contributed by atoms with Gasteiger partial charge in [0.2, 0.25) is 0 Å². The first-order chi connectivity index (χ1) is 13.5. The van der Waals surface area contributed by atoms with E-state index >= 15 is 0 Å². The number of nitrogens with one attached hydrogen (secondary N) is 1. The predicted octanol–water partition coefficient (Wildman–Crippen LogP) is 5.28. The molecule has 0 radical (unpaired) electrons. The summed E-state index contributed by atoms with van der Waals surface area (Å²) < 4.78 is 2.93. The Labute approximate surface area is 174 Å². The summed E-state index contributed by atoms with van der Waals surface area (Å²) in [6, 6.07) is 5.91. The van der Waals surface area contributed by atoms with Gasteiger partial charge in [0.05, 0.1) is 14.9 Å². The Morgan fingerprint density at radius 2 is 2.21 bits per heavy atom. The van der Waals surface area contributed by atoms with Crippen LogP contribution in [0.5, 0.6) is 0 Å². The van der Waals surface area contributed by atoms with Gasteiger partial charge in [-0.25, -0.2) is 9.97 Å². The molecule has 4 rings (SSSR count). The SMILES string of the molecule is CCc1c(C)nc(-c2ccc(Cl)s2)nc1Nc1ccn(CC2CCB(O)C2)c1. The van der Waals surface area contributed by atoms with Gasteiger partial charge < -0.3 is 14.9 Å². The average Bonchev–Trinajstić information content (AvgIpc) is 3.38. The summed E-state index contributed by atoms with van der Waals surface area (Å²) in [6.07, 6.45) is 7.99. The molecule has 1 atom stereocenters. The number of halogens is 1. The van der Waals surface area contributed by atoms with Crippen LogP contribution < -0.4 is 5.32 Å². The lowest BCUT2D eigenvalue weighted by Gasteiger charge is -2.13. The molecule has 1 saturated heterocycles.